The summed E-state index contributed by atoms with van der Waals surface area (Å²) in [6.07, 6.45) is 0. The molecule has 0 aliphatic rings. The molecular weight excluding hydrogens is 222 g/mol. The number of carboxylic acids is 1. The fourth-order valence-corrected chi connectivity index (χ4v) is 2.30. The van der Waals surface area contributed by atoms with E-state index in [4.69, 9.17) is 15.3 Å². The van der Waals surface area contributed by atoms with Crippen LogP contribution in [0, 0.1) is 17.3 Å². The molecule has 0 aromatic rings. The van der Waals surface area contributed by atoms with Crippen LogP contribution in [0.5, 0.6) is 0 Å². The highest BCUT2D eigenvalue weighted by molar-refractivity contribution is 6.48. The number of carboxylic acid groups (broad SMARTS) is 1. The third kappa shape index (κ3) is 5.09. The lowest BCUT2D eigenvalue weighted by Gasteiger charge is -2.35. The van der Waals surface area contributed by atoms with Gasteiger partial charge in [-0.1, -0.05) is 20.8 Å². The third-order valence-corrected chi connectivity index (χ3v) is 3.64. The molecule has 2 atom stereocenters. The second-order valence-corrected chi connectivity index (χ2v) is 7.97. The minimum atomic E-state index is -1.12. The highest BCUT2D eigenvalue weighted by atomic mass is 28.3. The Labute approximate surface area is 99.9 Å². The van der Waals surface area contributed by atoms with E-state index in [2.05, 4.69) is 13.1 Å². The highest BCUT2D eigenvalue weighted by Crippen LogP contribution is 2.32. The molecule has 4 nitrogen and oxygen atoms in total. The SMILES string of the molecule is C[SiH](C)OC[C@H]([C@@H](CN)C(=O)O)C(C)(C)C. The number of hydrogen-bond donors (Lipinski definition) is 2. The number of aliphatic carboxylic acids is 1. The van der Waals surface area contributed by atoms with Gasteiger partial charge in [-0.25, -0.2) is 0 Å². The van der Waals surface area contributed by atoms with E-state index in [1.54, 1.807) is 0 Å². The van der Waals surface area contributed by atoms with E-state index in [1.807, 2.05) is 20.8 Å². The fourth-order valence-electron chi connectivity index (χ4n) is 1.70. The van der Waals surface area contributed by atoms with Crippen molar-refractivity contribution in [1.29, 1.82) is 0 Å². The first-order valence-corrected chi connectivity index (χ1v) is 8.52. The minimum Gasteiger partial charge on any atom is -0.481 e. The summed E-state index contributed by atoms with van der Waals surface area (Å²) < 4.78 is 5.68. The Balaban J connectivity index is 4.72. The Morgan fingerprint density at radius 3 is 2.19 bits per heavy atom. The first kappa shape index (κ1) is 15.6. The van der Waals surface area contributed by atoms with Gasteiger partial charge in [0, 0.05) is 19.1 Å². The van der Waals surface area contributed by atoms with Crippen molar-refractivity contribution in [3.05, 3.63) is 0 Å². The lowest BCUT2D eigenvalue weighted by molar-refractivity contribution is -0.145. The molecule has 0 spiro atoms. The van der Waals surface area contributed by atoms with E-state index >= 15 is 0 Å². The number of carbonyl (C=O) groups is 1. The largest absolute Gasteiger partial charge is 0.481 e. The predicted octanol–water partition coefficient (Wildman–Crippen LogP) is 1.31. The lowest BCUT2D eigenvalue weighted by Crippen LogP contribution is -2.41. The Kier molecular flexibility index (Phi) is 6.21. The topological polar surface area (TPSA) is 72.5 Å². The molecule has 0 heterocycles. The van der Waals surface area contributed by atoms with Crippen molar-refractivity contribution in [1.82, 2.24) is 0 Å². The standard InChI is InChI=1S/C11H25NO3Si/c1-11(2,3)9(7-15-16(4)5)8(6-12)10(13)14/h8-9,16H,6-7,12H2,1-5H3,(H,13,14)/t8-,9-/m1/s1. The normalized spacial score (nSPS) is 16.2. The summed E-state index contributed by atoms with van der Waals surface area (Å²) in [4.78, 5) is 11.1. The van der Waals surface area contributed by atoms with Gasteiger partial charge < -0.3 is 15.3 Å². The van der Waals surface area contributed by atoms with Crippen molar-refractivity contribution in [2.24, 2.45) is 23.0 Å². The first-order chi connectivity index (χ1) is 7.20. The molecule has 0 aromatic heterocycles. The molecule has 96 valence electrons. The van der Waals surface area contributed by atoms with E-state index in [9.17, 15) is 4.79 Å². The third-order valence-electron chi connectivity index (χ3n) is 2.78. The molecule has 16 heavy (non-hydrogen) atoms. The van der Waals surface area contributed by atoms with Gasteiger partial charge in [-0.2, -0.15) is 0 Å². The van der Waals surface area contributed by atoms with Crippen molar-refractivity contribution in [2.45, 2.75) is 33.9 Å². The van der Waals surface area contributed by atoms with Crippen molar-refractivity contribution in [3.8, 4) is 0 Å². The Morgan fingerprint density at radius 2 is 1.94 bits per heavy atom. The zero-order chi connectivity index (χ0) is 12.9. The maximum absolute atomic E-state index is 11.1. The smallest absolute Gasteiger partial charge is 0.308 e. The predicted molar refractivity (Wildman–Crippen MR) is 68.0 cm³/mol. The number of rotatable bonds is 6. The number of nitrogens with two attached hydrogens (primary N) is 1. The van der Waals surface area contributed by atoms with Gasteiger partial charge >= 0.3 is 5.97 Å². The van der Waals surface area contributed by atoms with Gasteiger partial charge in [0.05, 0.1) is 5.92 Å². The Bertz CT molecular complexity index is 226. The second kappa shape index (κ2) is 6.37. The maximum Gasteiger partial charge on any atom is 0.308 e. The molecule has 0 saturated carbocycles. The highest BCUT2D eigenvalue weighted by Gasteiger charge is 2.35. The van der Waals surface area contributed by atoms with Crippen molar-refractivity contribution in [3.63, 3.8) is 0 Å². The monoisotopic (exact) mass is 247 g/mol. The molecule has 0 radical (unpaired) electrons. The summed E-state index contributed by atoms with van der Waals surface area (Å²) in [5, 5.41) is 9.15. The summed E-state index contributed by atoms with van der Waals surface area (Å²) in [5.74, 6) is -1.38. The molecule has 0 unspecified atom stereocenters. The summed E-state index contributed by atoms with van der Waals surface area (Å²) in [7, 11) is -1.12. The van der Waals surface area contributed by atoms with Crippen LogP contribution in [0.3, 0.4) is 0 Å². The molecule has 0 aliphatic carbocycles. The van der Waals surface area contributed by atoms with Gasteiger partial charge in [-0.15, -0.1) is 0 Å². The second-order valence-electron chi connectivity index (χ2n) is 5.54. The average molecular weight is 247 g/mol. The summed E-state index contributed by atoms with van der Waals surface area (Å²) >= 11 is 0. The molecule has 0 bridgehead atoms. The number of hydrogen-bond acceptors (Lipinski definition) is 3. The van der Waals surface area contributed by atoms with Crippen LogP contribution in [0.4, 0.5) is 0 Å². The summed E-state index contributed by atoms with van der Waals surface area (Å²) in [5.41, 5.74) is 5.45. The van der Waals surface area contributed by atoms with E-state index in [0.29, 0.717) is 6.61 Å². The van der Waals surface area contributed by atoms with Crippen LogP contribution in [0.2, 0.25) is 13.1 Å². The quantitative estimate of drug-likeness (QED) is 0.694. The molecule has 5 heteroatoms. The maximum atomic E-state index is 11.1. The zero-order valence-corrected chi connectivity index (χ0v) is 12.1. The molecule has 3 N–H and O–H groups in total. The minimum absolute atomic E-state index is 0.0371. The van der Waals surface area contributed by atoms with Gasteiger partial charge in [0.25, 0.3) is 0 Å². The Morgan fingerprint density at radius 1 is 1.44 bits per heavy atom. The van der Waals surface area contributed by atoms with Gasteiger partial charge in [-0.05, 0) is 18.5 Å². The van der Waals surface area contributed by atoms with Crippen LogP contribution in [0.1, 0.15) is 20.8 Å². The van der Waals surface area contributed by atoms with Crippen LogP contribution >= 0.6 is 0 Å². The van der Waals surface area contributed by atoms with Crippen LogP contribution in [0.25, 0.3) is 0 Å². The summed E-state index contributed by atoms with van der Waals surface area (Å²) in [6.45, 7) is 10.9. The van der Waals surface area contributed by atoms with Gasteiger partial charge in [0.15, 0.2) is 9.04 Å². The van der Waals surface area contributed by atoms with E-state index in [-0.39, 0.29) is 17.9 Å². The lowest BCUT2D eigenvalue weighted by atomic mass is 9.73. The molecule has 0 aromatic carbocycles. The van der Waals surface area contributed by atoms with Crippen LogP contribution in [0.15, 0.2) is 0 Å². The van der Waals surface area contributed by atoms with Crippen molar-refractivity contribution < 1.29 is 14.3 Å². The fraction of sp³-hybridized carbons (Fsp3) is 0.909. The van der Waals surface area contributed by atoms with Gasteiger partial charge in [0.2, 0.25) is 0 Å². The van der Waals surface area contributed by atoms with Crippen LogP contribution in [-0.2, 0) is 9.22 Å². The summed E-state index contributed by atoms with van der Waals surface area (Å²) in [6, 6.07) is 0. The average Bonchev–Trinajstić information content (AvgIpc) is 2.08. The molecular formula is C11H25NO3Si. The molecule has 0 fully saturated rings. The van der Waals surface area contributed by atoms with Gasteiger partial charge in [-0.3, -0.25) is 4.79 Å². The van der Waals surface area contributed by atoms with Crippen LogP contribution in [-0.4, -0.2) is 33.3 Å². The zero-order valence-electron chi connectivity index (χ0n) is 11.0. The van der Waals surface area contributed by atoms with E-state index < -0.39 is 20.9 Å². The Hall–Kier alpha value is -0.393. The van der Waals surface area contributed by atoms with Crippen LogP contribution < -0.4 is 5.73 Å². The first-order valence-electron chi connectivity index (χ1n) is 5.74. The van der Waals surface area contributed by atoms with Crippen molar-refractivity contribution >= 4 is 15.0 Å². The molecule has 0 aliphatic heterocycles. The molecule has 0 saturated heterocycles. The van der Waals surface area contributed by atoms with E-state index in [1.165, 1.54) is 0 Å². The molecule has 0 amide bonds. The van der Waals surface area contributed by atoms with E-state index in [0.717, 1.165) is 0 Å². The van der Waals surface area contributed by atoms with Crippen molar-refractivity contribution in [2.75, 3.05) is 13.2 Å². The molecule has 0 rings (SSSR count). The van der Waals surface area contributed by atoms with Gasteiger partial charge in [0.1, 0.15) is 0 Å².